The van der Waals surface area contributed by atoms with E-state index in [1.807, 2.05) is 11.8 Å². The van der Waals surface area contributed by atoms with Crippen LogP contribution in [-0.2, 0) is 10.8 Å². The van der Waals surface area contributed by atoms with Crippen LogP contribution in [0, 0.1) is 5.92 Å². The summed E-state index contributed by atoms with van der Waals surface area (Å²) < 4.78 is 11.1. The molecule has 1 N–H and O–H groups in total. The molecule has 94 valence electrons. The lowest BCUT2D eigenvalue weighted by atomic mass is 10.1. The minimum Gasteiger partial charge on any atom is -0.362 e. The van der Waals surface area contributed by atoms with Gasteiger partial charge in [-0.1, -0.05) is 25.6 Å². The van der Waals surface area contributed by atoms with Crippen LogP contribution in [0.1, 0.15) is 27.2 Å². The van der Waals surface area contributed by atoms with Crippen molar-refractivity contribution in [2.24, 2.45) is 10.9 Å². The number of nitrogens with one attached hydrogen (secondary N) is 1. The highest BCUT2D eigenvalue weighted by atomic mass is 32.2. The predicted octanol–water partition coefficient (Wildman–Crippen LogP) is 1.86. The van der Waals surface area contributed by atoms with E-state index < -0.39 is 10.8 Å². The maximum atomic E-state index is 11.1. The van der Waals surface area contributed by atoms with E-state index in [0.29, 0.717) is 11.0 Å². The van der Waals surface area contributed by atoms with Crippen molar-refractivity contribution in [2.45, 2.75) is 38.5 Å². The molecule has 3 nitrogen and oxygen atoms in total. The van der Waals surface area contributed by atoms with Crippen LogP contribution in [0.15, 0.2) is 4.99 Å². The number of hydrogen-bond donors (Lipinski definition) is 1. The minimum absolute atomic E-state index is 0.245. The SMILES string of the molecule is CC(C)CC1CN=C(NC(C)CS(C)=O)S1. The molecule has 0 fully saturated rings. The molecule has 3 atom stereocenters. The van der Waals surface area contributed by atoms with Gasteiger partial charge >= 0.3 is 0 Å². The Bertz CT molecular complexity index is 279. The Morgan fingerprint density at radius 1 is 1.56 bits per heavy atom. The predicted molar refractivity (Wildman–Crippen MR) is 74.7 cm³/mol. The lowest BCUT2D eigenvalue weighted by Crippen LogP contribution is -2.34. The monoisotopic (exact) mass is 262 g/mol. The molecule has 1 rings (SSSR count). The summed E-state index contributed by atoms with van der Waals surface area (Å²) in [5.41, 5.74) is 0. The van der Waals surface area contributed by atoms with Gasteiger partial charge in [0.05, 0.1) is 6.54 Å². The topological polar surface area (TPSA) is 41.5 Å². The van der Waals surface area contributed by atoms with Crippen molar-refractivity contribution in [2.75, 3.05) is 18.6 Å². The Morgan fingerprint density at radius 3 is 2.81 bits per heavy atom. The van der Waals surface area contributed by atoms with Crippen molar-refractivity contribution >= 4 is 27.7 Å². The summed E-state index contributed by atoms with van der Waals surface area (Å²) in [5.74, 6) is 1.42. The molecule has 0 saturated carbocycles. The van der Waals surface area contributed by atoms with Gasteiger partial charge in [-0.15, -0.1) is 0 Å². The number of aliphatic imine (C=N–C) groups is 1. The molecule has 0 bridgehead atoms. The molecule has 0 aromatic rings. The van der Waals surface area contributed by atoms with Crippen LogP contribution in [0.5, 0.6) is 0 Å². The van der Waals surface area contributed by atoms with E-state index in [1.54, 1.807) is 6.26 Å². The average Bonchev–Trinajstić information content (AvgIpc) is 2.49. The van der Waals surface area contributed by atoms with Gasteiger partial charge in [0.25, 0.3) is 0 Å². The van der Waals surface area contributed by atoms with Crippen molar-refractivity contribution in [1.82, 2.24) is 5.32 Å². The van der Waals surface area contributed by atoms with Gasteiger partial charge < -0.3 is 5.32 Å². The smallest absolute Gasteiger partial charge is 0.157 e. The third kappa shape index (κ3) is 5.34. The van der Waals surface area contributed by atoms with Gasteiger partial charge in [-0.05, 0) is 19.3 Å². The van der Waals surface area contributed by atoms with Crippen LogP contribution >= 0.6 is 11.8 Å². The van der Waals surface area contributed by atoms with Gasteiger partial charge in [0, 0.05) is 34.1 Å². The number of rotatable bonds is 5. The molecular weight excluding hydrogens is 240 g/mol. The van der Waals surface area contributed by atoms with E-state index in [2.05, 4.69) is 31.1 Å². The van der Waals surface area contributed by atoms with E-state index >= 15 is 0 Å². The van der Waals surface area contributed by atoms with Crippen LogP contribution < -0.4 is 5.32 Å². The van der Waals surface area contributed by atoms with Crippen molar-refractivity contribution in [3.05, 3.63) is 0 Å². The Balaban J connectivity index is 2.27. The Kier molecular flexibility index (Phi) is 5.83. The molecule has 0 aliphatic carbocycles. The number of amidine groups is 1. The van der Waals surface area contributed by atoms with Gasteiger partial charge in [-0.2, -0.15) is 0 Å². The molecule has 1 aliphatic heterocycles. The maximum Gasteiger partial charge on any atom is 0.157 e. The lowest BCUT2D eigenvalue weighted by molar-refractivity contribution is 0.575. The zero-order chi connectivity index (χ0) is 12.1. The van der Waals surface area contributed by atoms with Crippen LogP contribution in [0.2, 0.25) is 0 Å². The molecule has 0 saturated heterocycles. The van der Waals surface area contributed by atoms with Crippen LogP contribution in [0.25, 0.3) is 0 Å². The third-order valence-corrected chi connectivity index (χ3v) is 4.42. The average molecular weight is 262 g/mol. The first-order valence-corrected chi connectivity index (χ1v) is 8.35. The first-order chi connectivity index (χ1) is 7.47. The van der Waals surface area contributed by atoms with Gasteiger partial charge in [0.2, 0.25) is 0 Å². The fourth-order valence-electron chi connectivity index (χ4n) is 1.75. The molecule has 1 aliphatic rings. The van der Waals surface area contributed by atoms with Crippen LogP contribution in [0.3, 0.4) is 0 Å². The van der Waals surface area contributed by atoms with E-state index in [0.717, 1.165) is 17.6 Å². The van der Waals surface area contributed by atoms with Crippen molar-refractivity contribution in [3.63, 3.8) is 0 Å². The standard InChI is InChI=1S/C11H22N2OS2/c1-8(2)5-10-6-12-11(15-10)13-9(3)7-16(4)14/h8-10H,5-7H2,1-4H3,(H,12,13). The summed E-state index contributed by atoms with van der Waals surface area (Å²) >= 11 is 1.83. The summed E-state index contributed by atoms with van der Waals surface area (Å²) in [6.07, 6.45) is 2.96. The minimum atomic E-state index is -0.740. The van der Waals surface area contributed by atoms with Crippen molar-refractivity contribution < 1.29 is 4.21 Å². The number of thioether (sulfide) groups is 1. The first kappa shape index (κ1) is 14.0. The largest absolute Gasteiger partial charge is 0.362 e. The molecule has 0 aromatic heterocycles. The summed E-state index contributed by atoms with van der Waals surface area (Å²) in [6, 6.07) is 0.245. The molecule has 16 heavy (non-hydrogen) atoms. The number of hydrogen-bond acceptors (Lipinski definition) is 4. The molecule has 3 unspecified atom stereocenters. The maximum absolute atomic E-state index is 11.1. The van der Waals surface area contributed by atoms with Gasteiger partial charge in [-0.25, -0.2) is 0 Å². The summed E-state index contributed by atoms with van der Waals surface area (Å²) in [7, 11) is -0.740. The summed E-state index contributed by atoms with van der Waals surface area (Å²) in [5, 5.41) is 4.99. The van der Waals surface area contributed by atoms with E-state index in [9.17, 15) is 4.21 Å². The molecule has 5 heteroatoms. The van der Waals surface area contributed by atoms with Gasteiger partial charge in [0.15, 0.2) is 5.17 Å². The molecule has 0 amide bonds. The molecule has 1 heterocycles. The molecule has 0 radical (unpaired) electrons. The van der Waals surface area contributed by atoms with Gasteiger partial charge in [-0.3, -0.25) is 9.20 Å². The Labute approximate surface area is 105 Å². The lowest BCUT2D eigenvalue weighted by Gasteiger charge is -2.14. The quantitative estimate of drug-likeness (QED) is 0.822. The van der Waals surface area contributed by atoms with Crippen LogP contribution in [0.4, 0.5) is 0 Å². The second-order valence-electron chi connectivity index (χ2n) is 4.80. The highest BCUT2D eigenvalue weighted by Gasteiger charge is 2.21. The van der Waals surface area contributed by atoms with Crippen LogP contribution in [-0.4, -0.2) is 39.2 Å². The normalized spacial score (nSPS) is 24.3. The fourth-order valence-corrected chi connectivity index (χ4v) is 3.90. The third-order valence-electron chi connectivity index (χ3n) is 2.31. The highest BCUT2D eigenvalue weighted by molar-refractivity contribution is 8.14. The first-order valence-electron chi connectivity index (χ1n) is 5.75. The molecule has 0 spiro atoms. The zero-order valence-corrected chi connectivity index (χ0v) is 12.2. The van der Waals surface area contributed by atoms with E-state index in [4.69, 9.17) is 0 Å². The highest BCUT2D eigenvalue weighted by Crippen LogP contribution is 2.25. The Hall–Kier alpha value is -0.0300. The summed E-state index contributed by atoms with van der Waals surface area (Å²) in [4.78, 5) is 4.49. The van der Waals surface area contributed by atoms with Crippen molar-refractivity contribution in [3.8, 4) is 0 Å². The second kappa shape index (κ2) is 6.64. The fraction of sp³-hybridized carbons (Fsp3) is 0.909. The molecule has 0 aromatic carbocycles. The zero-order valence-electron chi connectivity index (χ0n) is 10.5. The Morgan fingerprint density at radius 2 is 2.25 bits per heavy atom. The van der Waals surface area contributed by atoms with Crippen molar-refractivity contribution in [1.29, 1.82) is 0 Å². The van der Waals surface area contributed by atoms with Gasteiger partial charge in [0.1, 0.15) is 0 Å². The van der Waals surface area contributed by atoms with E-state index in [1.165, 1.54) is 6.42 Å². The number of nitrogens with zero attached hydrogens (tertiary/aromatic N) is 1. The molecular formula is C11H22N2OS2. The second-order valence-corrected chi connectivity index (χ2v) is 7.57. The van der Waals surface area contributed by atoms with E-state index in [-0.39, 0.29) is 6.04 Å². The summed E-state index contributed by atoms with van der Waals surface area (Å²) in [6.45, 7) is 7.47.